The number of likely N-dealkylation sites (N-methyl/N-ethyl adjacent to an activating group) is 1. The number of hydrogen-bond donors (Lipinski definition) is 2. The first kappa shape index (κ1) is 31.3. The van der Waals surface area contributed by atoms with Gasteiger partial charge in [-0.15, -0.1) is 0 Å². The van der Waals surface area contributed by atoms with Crippen molar-refractivity contribution in [3.8, 4) is 11.5 Å². The zero-order valence-corrected chi connectivity index (χ0v) is 24.9. The van der Waals surface area contributed by atoms with Crippen molar-refractivity contribution < 1.29 is 41.5 Å². The average Bonchev–Trinajstić information content (AvgIpc) is 3.24. The van der Waals surface area contributed by atoms with Gasteiger partial charge in [-0.25, -0.2) is 27.5 Å². The predicted molar refractivity (Wildman–Crippen MR) is 149 cm³/mol. The highest BCUT2D eigenvalue weighted by molar-refractivity contribution is 7.89. The summed E-state index contributed by atoms with van der Waals surface area (Å²) in [6.45, 7) is 3.56. The van der Waals surface area contributed by atoms with Gasteiger partial charge in [0.1, 0.15) is 17.9 Å². The smallest absolute Gasteiger partial charge is 0.409 e. The van der Waals surface area contributed by atoms with Crippen LogP contribution in [0.15, 0.2) is 41.3 Å². The van der Waals surface area contributed by atoms with Gasteiger partial charge in [0.15, 0.2) is 17.4 Å². The van der Waals surface area contributed by atoms with Crippen LogP contribution in [0.5, 0.6) is 11.5 Å². The third-order valence-electron chi connectivity index (χ3n) is 8.10. The molecule has 2 N–H and O–H groups in total. The molecule has 3 aliphatic heterocycles. The quantitative estimate of drug-likeness (QED) is 0.329. The van der Waals surface area contributed by atoms with Crippen LogP contribution < -0.4 is 10.2 Å². The van der Waals surface area contributed by atoms with Crippen LogP contribution in [0.4, 0.5) is 13.6 Å². The fourth-order valence-corrected chi connectivity index (χ4v) is 7.94. The number of nitrogens with zero attached hydrogens (tertiary/aromatic N) is 4. The first-order valence-electron chi connectivity index (χ1n) is 13.7. The van der Waals surface area contributed by atoms with Crippen LogP contribution in [0.25, 0.3) is 0 Å². The normalized spacial score (nSPS) is 23.3. The lowest BCUT2D eigenvalue weighted by Gasteiger charge is -2.45. The molecule has 0 aliphatic carbocycles. The lowest BCUT2D eigenvalue weighted by molar-refractivity contribution is -0.141. The van der Waals surface area contributed by atoms with Crippen molar-refractivity contribution in [3.05, 3.63) is 53.1 Å². The number of rotatable bonds is 8. The predicted octanol–water partition coefficient (Wildman–Crippen LogP) is 2.51. The molecule has 3 saturated heterocycles. The summed E-state index contributed by atoms with van der Waals surface area (Å²) in [7, 11) is -2.69. The molecule has 0 spiro atoms. The van der Waals surface area contributed by atoms with Gasteiger partial charge >= 0.3 is 6.09 Å². The highest BCUT2D eigenvalue weighted by Gasteiger charge is 2.62. The number of piperazine rings is 2. The van der Waals surface area contributed by atoms with Gasteiger partial charge in [0.25, 0.3) is 5.91 Å². The number of benzene rings is 2. The van der Waals surface area contributed by atoms with Crippen molar-refractivity contribution in [2.24, 2.45) is 0 Å². The van der Waals surface area contributed by atoms with Crippen LogP contribution >= 0.6 is 11.6 Å². The summed E-state index contributed by atoms with van der Waals surface area (Å²) >= 11 is 5.83. The summed E-state index contributed by atoms with van der Waals surface area (Å²) in [5, 5.41) is 9.94. The molecule has 0 aromatic heterocycles. The van der Waals surface area contributed by atoms with Crippen LogP contribution in [0.3, 0.4) is 0 Å². The Morgan fingerprint density at radius 2 is 1.77 bits per heavy atom. The SMILES string of the molecule is CN1CCN(CCOC(=O)N2CC3CCC(C(=O)NO)(C2)N3S(=O)(=O)c2cc(F)c(Oc3ccc(Cl)cc3)c(F)c2)CC1. The maximum Gasteiger partial charge on any atom is 0.409 e. The minimum atomic E-state index is -4.72. The van der Waals surface area contributed by atoms with E-state index in [9.17, 15) is 23.2 Å². The van der Waals surface area contributed by atoms with E-state index in [-0.39, 0.29) is 31.7 Å². The van der Waals surface area contributed by atoms with Crippen molar-refractivity contribution >= 4 is 33.6 Å². The van der Waals surface area contributed by atoms with E-state index in [0.29, 0.717) is 23.7 Å². The van der Waals surface area contributed by atoms with Gasteiger partial charge in [0, 0.05) is 50.3 Å². The Bertz CT molecular complexity index is 1450. The minimum Gasteiger partial charge on any atom is -0.451 e. The fourth-order valence-electron chi connectivity index (χ4n) is 5.83. The van der Waals surface area contributed by atoms with E-state index in [1.165, 1.54) is 34.6 Å². The third-order valence-corrected chi connectivity index (χ3v) is 10.4. The molecule has 234 valence electrons. The van der Waals surface area contributed by atoms with Crippen LogP contribution in [0.2, 0.25) is 5.02 Å². The molecule has 2 aromatic rings. The molecular formula is C27H32ClF2N5O7S. The Kier molecular flexibility index (Phi) is 9.11. The largest absolute Gasteiger partial charge is 0.451 e. The maximum atomic E-state index is 15.1. The van der Waals surface area contributed by atoms with E-state index in [4.69, 9.17) is 21.1 Å². The Labute approximate surface area is 252 Å². The summed E-state index contributed by atoms with van der Waals surface area (Å²) in [6, 6.07) is 5.97. The Morgan fingerprint density at radius 1 is 1.12 bits per heavy atom. The second-order valence-corrected chi connectivity index (χ2v) is 13.1. The van der Waals surface area contributed by atoms with Gasteiger partial charge in [0.05, 0.1) is 11.4 Å². The number of fused-ring (bicyclic) bond motifs is 2. The van der Waals surface area contributed by atoms with E-state index >= 15 is 8.78 Å². The highest BCUT2D eigenvalue weighted by atomic mass is 35.5. The number of hydrogen-bond acceptors (Lipinski definition) is 9. The standard InChI is InChI=1S/C27H32ClF2N5O7S/c1-32-8-10-33(11-9-32)12-13-41-26(37)34-16-19-6-7-27(17-34,25(36)31-38)35(19)43(39,40)21-14-22(29)24(23(30)15-21)42-20-4-2-18(28)3-5-20/h2-5,14-15,19,38H,6-13,16-17H2,1H3,(H,31,36). The Morgan fingerprint density at radius 3 is 2.40 bits per heavy atom. The third kappa shape index (κ3) is 6.28. The molecule has 2 bridgehead atoms. The molecular weight excluding hydrogens is 612 g/mol. The monoisotopic (exact) mass is 643 g/mol. The Balaban J connectivity index is 1.34. The molecule has 0 radical (unpaired) electrons. The van der Waals surface area contributed by atoms with Gasteiger partial charge in [-0.2, -0.15) is 4.31 Å². The summed E-state index contributed by atoms with van der Waals surface area (Å²) in [6.07, 6.45) is -0.619. The Hall–Kier alpha value is -3.08. The molecule has 16 heteroatoms. The molecule has 43 heavy (non-hydrogen) atoms. The number of ether oxygens (including phenoxy) is 2. The van der Waals surface area contributed by atoms with Crippen molar-refractivity contribution in [2.75, 3.05) is 59.5 Å². The zero-order chi connectivity index (χ0) is 30.9. The minimum absolute atomic E-state index is 0.0446. The number of carbonyl (C=O) groups excluding carboxylic acids is 2. The highest BCUT2D eigenvalue weighted by Crippen LogP contribution is 2.44. The van der Waals surface area contributed by atoms with E-state index in [2.05, 4.69) is 9.80 Å². The summed E-state index contributed by atoms with van der Waals surface area (Å²) in [5.41, 5.74) is -0.425. The number of sulfonamides is 1. The van der Waals surface area contributed by atoms with Crippen LogP contribution in [0, 0.1) is 11.6 Å². The number of halogens is 3. The topological polar surface area (TPSA) is 132 Å². The molecule has 3 fully saturated rings. The van der Waals surface area contributed by atoms with Crippen molar-refractivity contribution in [1.29, 1.82) is 0 Å². The molecule has 2 aromatic carbocycles. The summed E-state index contributed by atoms with van der Waals surface area (Å²) in [5.74, 6) is -4.40. The molecule has 12 nitrogen and oxygen atoms in total. The second-order valence-electron chi connectivity index (χ2n) is 10.9. The molecule has 0 saturated carbocycles. The maximum absolute atomic E-state index is 15.1. The number of amides is 2. The zero-order valence-electron chi connectivity index (χ0n) is 23.3. The summed E-state index contributed by atoms with van der Waals surface area (Å²) in [4.78, 5) is 30.8. The van der Waals surface area contributed by atoms with Crippen LogP contribution in [-0.2, 0) is 19.6 Å². The van der Waals surface area contributed by atoms with Gasteiger partial charge in [-0.05, 0) is 56.3 Å². The molecule has 5 rings (SSSR count). The van der Waals surface area contributed by atoms with Crippen LogP contribution in [-0.4, -0.2) is 116 Å². The molecule has 2 unspecified atom stereocenters. The lowest BCUT2D eigenvalue weighted by Crippen LogP contribution is -2.69. The van der Waals surface area contributed by atoms with E-state index in [1.54, 1.807) is 0 Å². The molecule has 3 heterocycles. The number of nitrogens with one attached hydrogen (secondary N) is 1. The van der Waals surface area contributed by atoms with Crippen molar-refractivity contribution in [3.63, 3.8) is 0 Å². The molecule has 2 amide bonds. The molecule has 3 aliphatic rings. The number of carbonyl (C=O) groups is 2. The second kappa shape index (κ2) is 12.5. The van der Waals surface area contributed by atoms with E-state index in [1.807, 2.05) is 7.05 Å². The van der Waals surface area contributed by atoms with Gasteiger partial charge in [-0.3, -0.25) is 14.9 Å². The lowest BCUT2D eigenvalue weighted by atomic mass is 9.96. The van der Waals surface area contributed by atoms with Crippen LogP contribution in [0.1, 0.15) is 12.8 Å². The van der Waals surface area contributed by atoms with Gasteiger partial charge in [-0.1, -0.05) is 11.6 Å². The number of hydroxylamine groups is 1. The number of likely N-dealkylation sites (tertiary alicyclic amines) is 1. The van der Waals surface area contributed by atoms with E-state index in [0.717, 1.165) is 30.5 Å². The summed E-state index contributed by atoms with van der Waals surface area (Å²) < 4.78 is 69.4. The van der Waals surface area contributed by atoms with Gasteiger partial charge < -0.3 is 19.3 Å². The average molecular weight is 644 g/mol. The van der Waals surface area contributed by atoms with E-state index < -0.39 is 62.4 Å². The first-order chi connectivity index (χ1) is 20.4. The first-order valence-corrected chi connectivity index (χ1v) is 15.5. The van der Waals surface area contributed by atoms with Crippen molar-refractivity contribution in [2.45, 2.75) is 29.3 Å². The fraction of sp³-hybridized carbons (Fsp3) is 0.481. The van der Waals surface area contributed by atoms with Crippen molar-refractivity contribution in [1.82, 2.24) is 24.5 Å². The van der Waals surface area contributed by atoms with Gasteiger partial charge in [0.2, 0.25) is 10.0 Å². The molecule has 2 atom stereocenters.